The van der Waals surface area contributed by atoms with E-state index in [2.05, 4.69) is 21.2 Å². The zero-order chi connectivity index (χ0) is 13.9. The minimum Gasteiger partial charge on any atom is -0.358 e. The van der Waals surface area contributed by atoms with Gasteiger partial charge in [0.15, 0.2) is 0 Å². The Balaban J connectivity index is 3.09. The third-order valence-corrected chi connectivity index (χ3v) is 5.01. The first-order chi connectivity index (χ1) is 8.28. The lowest BCUT2D eigenvalue weighted by Gasteiger charge is -2.17. The van der Waals surface area contributed by atoms with E-state index in [9.17, 15) is 17.6 Å². The Hall–Kier alpha value is -0.990. The highest BCUT2D eigenvalue weighted by molar-refractivity contribution is 9.10. The monoisotopic (exact) mass is 338 g/mol. The Morgan fingerprint density at radius 1 is 1.50 bits per heavy atom. The van der Waals surface area contributed by atoms with Gasteiger partial charge in [0, 0.05) is 18.6 Å². The lowest BCUT2D eigenvalue weighted by Crippen LogP contribution is -2.37. The van der Waals surface area contributed by atoms with Gasteiger partial charge in [-0.05, 0) is 34.1 Å². The fourth-order valence-corrected chi connectivity index (χ4v) is 3.35. The first kappa shape index (κ1) is 15.1. The Kier molecular flexibility index (Phi) is 4.83. The third kappa shape index (κ3) is 3.27. The highest BCUT2D eigenvalue weighted by Gasteiger charge is 2.25. The molecule has 8 heteroatoms. The van der Waals surface area contributed by atoms with E-state index in [1.54, 1.807) is 0 Å². The van der Waals surface area contributed by atoms with E-state index in [4.69, 9.17) is 0 Å². The van der Waals surface area contributed by atoms with Gasteiger partial charge in [0.2, 0.25) is 15.9 Å². The van der Waals surface area contributed by atoms with Crippen molar-refractivity contribution in [3.63, 3.8) is 0 Å². The number of likely N-dealkylation sites (N-methyl/N-ethyl adjacent to an activating group) is 2. The zero-order valence-electron chi connectivity index (χ0n) is 9.78. The summed E-state index contributed by atoms with van der Waals surface area (Å²) >= 11 is 2.99. The summed E-state index contributed by atoms with van der Waals surface area (Å²) in [6, 6.07) is 3.25. The van der Waals surface area contributed by atoms with Gasteiger partial charge in [0.25, 0.3) is 0 Å². The molecule has 18 heavy (non-hydrogen) atoms. The van der Waals surface area contributed by atoms with E-state index < -0.39 is 21.7 Å². The molecule has 0 unspecified atom stereocenters. The smallest absolute Gasteiger partial charge is 0.244 e. The van der Waals surface area contributed by atoms with E-state index in [0.29, 0.717) is 0 Å². The maximum atomic E-state index is 12.9. The molecule has 5 nitrogen and oxygen atoms in total. The maximum Gasteiger partial charge on any atom is 0.244 e. The van der Waals surface area contributed by atoms with Crippen LogP contribution in [0.5, 0.6) is 0 Å². The quantitative estimate of drug-likeness (QED) is 0.888. The van der Waals surface area contributed by atoms with Crippen molar-refractivity contribution in [2.75, 3.05) is 20.6 Å². The van der Waals surface area contributed by atoms with Crippen molar-refractivity contribution in [3.05, 3.63) is 28.5 Å². The first-order valence-electron chi connectivity index (χ1n) is 4.91. The number of hydrogen-bond donors (Lipinski definition) is 1. The Bertz CT molecular complexity index is 562. The van der Waals surface area contributed by atoms with E-state index >= 15 is 0 Å². The number of amides is 1. The van der Waals surface area contributed by atoms with E-state index in [1.165, 1.54) is 14.1 Å². The van der Waals surface area contributed by atoms with Crippen molar-refractivity contribution in [1.82, 2.24) is 9.62 Å². The first-order valence-corrected chi connectivity index (χ1v) is 7.14. The molecule has 1 N–H and O–H groups in total. The zero-order valence-corrected chi connectivity index (χ0v) is 12.2. The van der Waals surface area contributed by atoms with E-state index in [0.717, 1.165) is 22.5 Å². The fourth-order valence-electron chi connectivity index (χ4n) is 1.22. The van der Waals surface area contributed by atoms with Gasteiger partial charge in [-0.2, -0.15) is 4.31 Å². The van der Waals surface area contributed by atoms with Crippen LogP contribution < -0.4 is 5.32 Å². The molecule has 0 spiro atoms. The largest absolute Gasteiger partial charge is 0.358 e. The highest BCUT2D eigenvalue weighted by Crippen LogP contribution is 2.25. The van der Waals surface area contributed by atoms with Crippen LogP contribution in [0.25, 0.3) is 0 Å². The Labute approximate surface area is 113 Å². The molecule has 0 aromatic heterocycles. The van der Waals surface area contributed by atoms with Crippen LogP contribution in [-0.2, 0) is 14.8 Å². The van der Waals surface area contributed by atoms with Gasteiger partial charge in [-0.15, -0.1) is 0 Å². The molecule has 0 bridgehead atoms. The van der Waals surface area contributed by atoms with Crippen molar-refractivity contribution in [2.45, 2.75) is 4.90 Å². The number of nitrogens with zero attached hydrogens (tertiary/aromatic N) is 1. The number of rotatable bonds is 4. The van der Waals surface area contributed by atoms with Crippen LogP contribution in [0.2, 0.25) is 0 Å². The maximum absolute atomic E-state index is 12.9. The summed E-state index contributed by atoms with van der Waals surface area (Å²) in [6.45, 7) is -0.303. The number of carbonyl (C=O) groups is 1. The second-order valence-electron chi connectivity index (χ2n) is 3.51. The van der Waals surface area contributed by atoms with Gasteiger partial charge in [-0.3, -0.25) is 4.79 Å². The molecule has 0 heterocycles. The second-order valence-corrected chi connectivity index (χ2v) is 6.38. The van der Waals surface area contributed by atoms with Gasteiger partial charge in [0.1, 0.15) is 5.82 Å². The predicted octanol–water partition coefficient (Wildman–Crippen LogP) is 0.955. The number of halogens is 2. The van der Waals surface area contributed by atoms with Crippen LogP contribution in [-0.4, -0.2) is 39.3 Å². The summed E-state index contributed by atoms with van der Waals surface area (Å²) in [5.74, 6) is -0.978. The number of benzene rings is 1. The van der Waals surface area contributed by atoms with E-state index in [-0.39, 0.29) is 15.9 Å². The molecule has 1 aromatic carbocycles. The Morgan fingerprint density at radius 2 is 2.11 bits per heavy atom. The van der Waals surface area contributed by atoms with Crippen LogP contribution in [0, 0.1) is 5.82 Å². The average Bonchev–Trinajstić information content (AvgIpc) is 2.28. The number of carbonyl (C=O) groups excluding carboxylic acids is 1. The Morgan fingerprint density at radius 3 is 2.61 bits per heavy atom. The number of hydrogen-bond acceptors (Lipinski definition) is 3. The third-order valence-electron chi connectivity index (χ3n) is 2.23. The number of nitrogens with one attached hydrogen (secondary N) is 1. The average molecular weight is 339 g/mol. The second kappa shape index (κ2) is 5.77. The molecular formula is C10H12BrFN2O3S. The molecule has 1 rings (SSSR count). The molecule has 1 amide bonds. The van der Waals surface area contributed by atoms with Crippen LogP contribution >= 0.6 is 15.9 Å². The van der Waals surface area contributed by atoms with Crippen molar-refractivity contribution in [3.8, 4) is 0 Å². The molecular weight excluding hydrogens is 327 g/mol. The molecule has 0 aliphatic carbocycles. The standard InChI is InChI=1S/C10H12BrFN2O3S/c1-13-10(15)6-14(2)18(16,17)9-4-3-7(12)5-8(9)11/h3-5H,6H2,1-2H3,(H,13,15). The minimum atomic E-state index is -3.83. The van der Waals surface area contributed by atoms with Crippen LogP contribution in [0.3, 0.4) is 0 Å². The molecule has 0 fully saturated rings. The van der Waals surface area contributed by atoms with Gasteiger partial charge >= 0.3 is 0 Å². The summed E-state index contributed by atoms with van der Waals surface area (Å²) < 4.78 is 38.1. The van der Waals surface area contributed by atoms with Crippen LogP contribution in [0.1, 0.15) is 0 Å². The van der Waals surface area contributed by atoms with Crippen molar-refractivity contribution in [2.24, 2.45) is 0 Å². The minimum absolute atomic E-state index is 0.0877. The summed E-state index contributed by atoms with van der Waals surface area (Å²) in [4.78, 5) is 11.1. The van der Waals surface area contributed by atoms with Crippen LogP contribution in [0.4, 0.5) is 4.39 Å². The predicted molar refractivity (Wildman–Crippen MR) is 68.0 cm³/mol. The van der Waals surface area contributed by atoms with Crippen LogP contribution in [0.15, 0.2) is 27.6 Å². The summed E-state index contributed by atoms with van der Waals surface area (Å²) in [6.07, 6.45) is 0. The van der Waals surface area contributed by atoms with Crippen molar-refractivity contribution >= 4 is 31.9 Å². The fraction of sp³-hybridized carbons (Fsp3) is 0.300. The van der Waals surface area contributed by atoms with Gasteiger partial charge in [0.05, 0.1) is 11.4 Å². The highest BCUT2D eigenvalue weighted by atomic mass is 79.9. The molecule has 0 aliphatic rings. The van der Waals surface area contributed by atoms with Gasteiger partial charge < -0.3 is 5.32 Å². The summed E-state index contributed by atoms with van der Waals surface area (Å²) in [7, 11) is -1.14. The van der Waals surface area contributed by atoms with E-state index in [1.807, 2.05) is 0 Å². The van der Waals surface area contributed by atoms with Gasteiger partial charge in [-0.25, -0.2) is 12.8 Å². The number of sulfonamides is 1. The molecule has 1 aromatic rings. The molecule has 0 saturated carbocycles. The normalized spacial score (nSPS) is 11.6. The lowest BCUT2D eigenvalue weighted by atomic mass is 10.3. The SMILES string of the molecule is CNC(=O)CN(C)S(=O)(=O)c1ccc(F)cc1Br. The molecule has 0 aliphatic heterocycles. The van der Waals surface area contributed by atoms with Crippen molar-refractivity contribution in [1.29, 1.82) is 0 Å². The molecule has 100 valence electrons. The summed E-state index contributed by atoms with van der Waals surface area (Å²) in [5.41, 5.74) is 0. The summed E-state index contributed by atoms with van der Waals surface area (Å²) in [5, 5.41) is 2.33. The van der Waals surface area contributed by atoms with Crippen molar-refractivity contribution < 1.29 is 17.6 Å². The molecule has 0 saturated heterocycles. The lowest BCUT2D eigenvalue weighted by molar-refractivity contribution is -0.120. The topological polar surface area (TPSA) is 66.5 Å². The molecule has 0 atom stereocenters. The van der Waals surface area contributed by atoms with Gasteiger partial charge in [-0.1, -0.05) is 0 Å². The molecule has 0 radical (unpaired) electrons.